The number of hydrogen-bond acceptors (Lipinski definition) is 2. The summed E-state index contributed by atoms with van der Waals surface area (Å²) in [6.07, 6.45) is 0. The van der Waals surface area contributed by atoms with Gasteiger partial charge in [-0.25, -0.2) is 4.39 Å². The first kappa shape index (κ1) is 14.2. The van der Waals surface area contributed by atoms with Crippen LogP contribution < -0.4 is 0 Å². The van der Waals surface area contributed by atoms with Gasteiger partial charge in [0.2, 0.25) is 0 Å². The molecule has 19 heavy (non-hydrogen) atoms. The number of amides is 1. The molecule has 2 aromatic rings. The Balaban J connectivity index is 2.12. The molecule has 100 valence electrons. The van der Waals surface area contributed by atoms with Crippen LogP contribution in [-0.2, 0) is 6.54 Å². The van der Waals surface area contributed by atoms with E-state index in [0.29, 0.717) is 17.7 Å². The smallest absolute Gasteiger partial charge is 0.253 e. The van der Waals surface area contributed by atoms with E-state index in [0.717, 1.165) is 9.35 Å². The minimum Gasteiger partial charge on any atom is -0.337 e. The zero-order chi connectivity index (χ0) is 14.0. The molecule has 0 fully saturated rings. The Labute approximate surface area is 124 Å². The van der Waals surface area contributed by atoms with Gasteiger partial charge in [0.1, 0.15) is 5.82 Å². The monoisotopic (exact) mass is 341 g/mol. The molecule has 0 saturated carbocycles. The fourth-order valence-corrected chi connectivity index (χ4v) is 3.24. The zero-order valence-electron chi connectivity index (χ0n) is 10.6. The molecule has 0 aliphatic heterocycles. The number of hydrogen-bond donors (Lipinski definition) is 0. The van der Waals surface area contributed by atoms with Gasteiger partial charge in [0.05, 0.1) is 6.54 Å². The van der Waals surface area contributed by atoms with Crippen LogP contribution in [0.4, 0.5) is 4.39 Å². The average molecular weight is 342 g/mol. The number of aryl methyl sites for hydroxylation is 1. The fraction of sp³-hybridized carbons (Fsp3) is 0.214. The van der Waals surface area contributed by atoms with E-state index in [-0.39, 0.29) is 11.7 Å². The predicted molar refractivity (Wildman–Crippen MR) is 79.0 cm³/mol. The second kappa shape index (κ2) is 5.84. The number of thiophene rings is 1. The maximum absolute atomic E-state index is 13.2. The number of halogens is 2. The lowest BCUT2D eigenvalue weighted by atomic mass is 10.1. The number of nitrogens with zero attached hydrogens (tertiary/aromatic N) is 1. The van der Waals surface area contributed by atoms with Crippen molar-refractivity contribution in [2.24, 2.45) is 0 Å². The highest BCUT2D eigenvalue weighted by molar-refractivity contribution is 9.10. The van der Waals surface area contributed by atoms with Gasteiger partial charge in [-0.15, -0.1) is 11.3 Å². The molecule has 2 rings (SSSR count). The van der Waals surface area contributed by atoms with Gasteiger partial charge in [-0.2, -0.15) is 0 Å². The lowest BCUT2D eigenvalue weighted by Gasteiger charge is -2.16. The highest BCUT2D eigenvalue weighted by Crippen LogP contribution is 2.21. The van der Waals surface area contributed by atoms with Crippen molar-refractivity contribution in [2.75, 3.05) is 7.05 Å². The van der Waals surface area contributed by atoms with Crippen LogP contribution in [0.15, 0.2) is 34.1 Å². The SMILES string of the molecule is Cc1cc(C(=O)N(C)Cc2cc(Br)cs2)ccc1F. The van der Waals surface area contributed by atoms with Crippen LogP contribution in [0, 0.1) is 12.7 Å². The first-order valence-electron chi connectivity index (χ1n) is 5.72. The molecule has 0 saturated heterocycles. The quantitative estimate of drug-likeness (QED) is 0.817. The van der Waals surface area contributed by atoms with E-state index < -0.39 is 0 Å². The molecule has 0 aliphatic carbocycles. The third kappa shape index (κ3) is 3.42. The topological polar surface area (TPSA) is 20.3 Å². The Hall–Kier alpha value is -1.20. The minimum atomic E-state index is -0.290. The molecule has 0 aliphatic rings. The molecule has 0 spiro atoms. The van der Waals surface area contributed by atoms with Gasteiger partial charge in [0.15, 0.2) is 0 Å². The van der Waals surface area contributed by atoms with Gasteiger partial charge >= 0.3 is 0 Å². The van der Waals surface area contributed by atoms with Crippen molar-refractivity contribution in [3.05, 3.63) is 55.9 Å². The molecule has 2 nitrogen and oxygen atoms in total. The van der Waals surface area contributed by atoms with Crippen molar-refractivity contribution in [1.82, 2.24) is 4.90 Å². The van der Waals surface area contributed by atoms with E-state index in [4.69, 9.17) is 0 Å². The zero-order valence-corrected chi connectivity index (χ0v) is 13.0. The van der Waals surface area contributed by atoms with Gasteiger partial charge in [-0.05, 0) is 52.7 Å². The van der Waals surface area contributed by atoms with Crippen LogP contribution in [0.1, 0.15) is 20.8 Å². The average Bonchev–Trinajstić information content (AvgIpc) is 2.77. The van der Waals surface area contributed by atoms with Crippen molar-refractivity contribution in [3.8, 4) is 0 Å². The molecule has 1 aromatic carbocycles. The summed E-state index contributed by atoms with van der Waals surface area (Å²) in [6.45, 7) is 2.20. The standard InChI is InChI=1S/C14H13BrFNOS/c1-9-5-10(3-4-13(9)16)14(18)17(2)7-12-6-11(15)8-19-12/h3-6,8H,7H2,1-2H3. The Morgan fingerprint density at radius 1 is 1.42 bits per heavy atom. The third-order valence-electron chi connectivity index (χ3n) is 2.77. The maximum atomic E-state index is 13.2. The fourth-order valence-electron chi connectivity index (χ4n) is 1.74. The van der Waals surface area contributed by atoms with Gasteiger partial charge in [-0.3, -0.25) is 4.79 Å². The van der Waals surface area contributed by atoms with Crippen molar-refractivity contribution in [3.63, 3.8) is 0 Å². The Morgan fingerprint density at radius 3 is 2.74 bits per heavy atom. The summed E-state index contributed by atoms with van der Waals surface area (Å²) in [7, 11) is 1.74. The Morgan fingerprint density at radius 2 is 2.16 bits per heavy atom. The summed E-state index contributed by atoms with van der Waals surface area (Å²) >= 11 is 4.98. The van der Waals surface area contributed by atoms with E-state index in [1.807, 2.05) is 11.4 Å². The molecule has 0 atom stereocenters. The van der Waals surface area contributed by atoms with Gasteiger partial charge in [0.25, 0.3) is 5.91 Å². The van der Waals surface area contributed by atoms with Crippen LogP contribution in [0.25, 0.3) is 0 Å². The first-order chi connectivity index (χ1) is 8.97. The molecule has 5 heteroatoms. The Bertz CT molecular complexity index is 611. The molecular weight excluding hydrogens is 329 g/mol. The number of benzene rings is 1. The van der Waals surface area contributed by atoms with Gasteiger partial charge in [-0.1, -0.05) is 0 Å². The van der Waals surface area contributed by atoms with E-state index in [1.54, 1.807) is 36.3 Å². The summed E-state index contributed by atoms with van der Waals surface area (Å²) in [4.78, 5) is 14.9. The molecule has 0 unspecified atom stereocenters. The molecule has 1 amide bonds. The third-order valence-corrected chi connectivity index (χ3v) is 4.45. The van der Waals surface area contributed by atoms with Gasteiger partial charge < -0.3 is 4.90 Å². The van der Waals surface area contributed by atoms with Crippen molar-refractivity contribution < 1.29 is 9.18 Å². The van der Waals surface area contributed by atoms with E-state index in [9.17, 15) is 9.18 Å². The van der Waals surface area contributed by atoms with Crippen LogP contribution >= 0.6 is 27.3 Å². The summed E-state index contributed by atoms with van der Waals surface area (Å²) in [6, 6.07) is 6.42. The molecule has 1 heterocycles. The van der Waals surface area contributed by atoms with Crippen LogP contribution in [-0.4, -0.2) is 17.9 Å². The molecule has 0 bridgehead atoms. The number of carbonyl (C=O) groups excluding carboxylic acids is 1. The summed E-state index contributed by atoms with van der Waals surface area (Å²) in [5.74, 6) is -0.394. The van der Waals surface area contributed by atoms with Crippen molar-refractivity contribution in [1.29, 1.82) is 0 Å². The Kier molecular flexibility index (Phi) is 4.37. The molecular formula is C14H13BrFNOS. The summed E-state index contributed by atoms with van der Waals surface area (Å²) < 4.78 is 14.2. The lowest BCUT2D eigenvalue weighted by Crippen LogP contribution is -2.25. The normalized spacial score (nSPS) is 10.5. The van der Waals surface area contributed by atoms with Crippen LogP contribution in [0.5, 0.6) is 0 Å². The second-order valence-electron chi connectivity index (χ2n) is 4.36. The van der Waals surface area contributed by atoms with Crippen molar-refractivity contribution >= 4 is 33.2 Å². The van der Waals surface area contributed by atoms with Crippen LogP contribution in [0.2, 0.25) is 0 Å². The van der Waals surface area contributed by atoms with E-state index in [2.05, 4.69) is 15.9 Å². The van der Waals surface area contributed by atoms with E-state index in [1.165, 1.54) is 12.1 Å². The maximum Gasteiger partial charge on any atom is 0.253 e. The predicted octanol–water partition coefficient (Wildman–Crippen LogP) is 4.23. The lowest BCUT2D eigenvalue weighted by molar-refractivity contribution is 0.0786. The second-order valence-corrected chi connectivity index (χ2v) is 6.27. The highest BCUT2D eigenvalue weighted by atomic mass is 79.9. The molecule has 0 N–H and O–H groups in total. The molecule has 1 aromatic heterocycles. The number of carbonyl (C=O) groups is 1. The number of rotatable bonds is 3. The largest absolute Gasteiger partial charge is 0.337 e. The molecule has 0 radical (unpaired) electrons. The van der Waals surface area contributed by atoms with Crippen LogP contribution in [0.3, 0.4) is 0 Å². The van der Waals surface area contributed by atoms with Gasteiger partial charge in [0, 0.05) is 27.3 Å². The van der Waals surface area contributed by atoms with E-state index >= 15 is 0 Å². The summed E-state index contributed by atoms with van der Waals surface area (Å²) in [5.41, 5.74) is 0.995. The summed E-state index contributed by atoms with van der Waals surface area (Å²) in [5, 5.41) is 1.98. The first-order valence-corrected chi connectivity index (χ1v) is 7.39. The highest BCUT2D eigenvalue weighted by Gasteiger charge is 2.14. The van der Waals surface area contributed by atoms with Crippen molar-refractivity contribution in [2.45, 2.75) is 13.5 Å². The minimum absolute atomic E-state index is 0.104.